The summed E-state index contributed by atoms with van der Waals surface area (Å²) in [5, 5.41) is 0.929. The molecule has 2 aromatic carbocycles. The van der Waals surface area contributed by atoms with Gasteiger partial charge in [-0.3, -0.25) is 4.79 Å². The molecular formula is C24H29Cl2NO4S. The predicted molar refractivity (Wildman–Crippen MR) is 129 cm³/mol. The number of sulfone groups is 1. The van der Waals surface area contributed by atoms with Gasteiger partial charge in [0.1, 0.15) is 5.75 Å². The molecule has 0 aliphatic carbocycles. The van der Waals surface area contributed by atoms with E-state index in [1.807, 2.05) is 24.3 Å². The second-order valence-electron chi connectivity index (χ2n) is 9.29. The molecule has 0 spiro atoms. The van der Waals surface area contributed by atoms with Crippen molar-refractivity contribution in [2.75, 3.05) is 11.5 Å². The van der Waals surface area contributed by atoms with Crippen molar-refractivity contribution in [2.24, 2.45) is 0 Å². The van der Waals surface area contributed by atoms with Gasteiger partial charge in [0.15, 0.2) is 15.9 Å². The maximum atomic E-state index is 13.4. The van der Waals surface area contributed by atoms with Crippen LogP contribution in [-0.4, -0.2) is 42.9 Å². The lowest BCUT2D eigenvalue weighted by molar-refractivity contribution is -0.140. The minimum atomic E-state index is -3.18. The van der Waals surface area contributed by atoms with Gasteiger partial charge in [0.2, 0.25) is 0 Å². The van der Waals surface area contributed by atoms with E-state index in [0.717, 1.165) is 0 Å². The van der Waals surface area contributed by atoms with Crippen LogP contribution >= 0.6 is 23.2 Å². The van der Waals surface area contributed by atoms with Gasteiger partial charge in [0.05, 0.1) is 11.5 Å². The summed E-state index contributed by atoms with van der Waals surface area (Å²) in [6.07, 6.45) is -0.392. The Balaban J connectivity index is 1.80. The number of hydrogen-bond donors (Lipinski definition) is 0. The van der Waals surface area contributed by atoms with Crippen molar-refractivity contribution in [3.8, 4) is 5.75 Å². The summed E-state index contributed by atoms with van der Waals surface area (Å²) in [6, 6.07) is 12.3. The van der Waals surface area contributed by atoms with Gasteiger partial charge in [-0.15, -0.1) is 0 Å². The van der Waals surface area contributed by atoms with Crippen LogP contribution < -0.4 is 4.74 Å². The van der Waals surface area contributed by atoms with Crippen molar-refractivity contribution < 1.29 is 17.9 Å². The Morgan fingerprint density at radius 3 is 2.34 bits per heavy atom. The smallest absolute Gasteiger partial charge is 0.263 e. The summed E-state index contributed by atoms with van der Waals surface area (Å²) < 4.78 is 30.1. The van der Waals surface area contributed by atoms with Gasteiger partial charge in [0, 0.05) is 22.6 Å². The van der Waals surface area contributed by atoms with E-state index in [-0.39, 0.29) is 29.4 Å². The molecule has 0 N–H and O–H groups in total. The average molecular weight is 498 g/mol. The lowest BCUT2D eigenvalue weighted by atomic mass is 9.87. The first-order valence-electron chi connectivity index (χ1n) is 10.6. The molecule has 1 aliphatic heterocycles. The Hall–Kier alpha value is -1.76. The number of carbonyl (C=O) groups excluding carboxylic acids is 1. The molecule has 2 aromatic rings. The number of nitrogens with zero attached hydrogens (tertiary/aromatic N) is 1. The van der Waals surface area contributed by atoms with E-state index in [9.17, 15) is 13.2 Å². The van der Waals surface area contributed by atoms with Crippen LogP contribution in [0.1, 0.15) is 45.2 Å². The minimum absolute atomic E-state index is 0.0164. The molecule has 1 saturated heterocycles. The second kappa shape index (κ2) is 9.62. The molecule has 2 unspecified atom stereocenters. The van der Waals surface area contributed by atoms with E-state index < -0.39 is 22.0 Å². The van der Waals surface area contributed by atoms with Gasteiger partial charge in [-0.1, -0.05) is 62.2 Å². The zero-order valence-corrected chi connectivity index (χ0v) is 21.1. The number of benzene rings is 2. The SMILES string of the molecule is CC(Oc1ccc(C(C)(C)C)cc1)C(=O)N(Cc1ccc(Cl)cc1Cl)C1CCS(=O)(=O)C1. The molecular weight excluding hydrogens is 469 g/mol. The number of amides is 1. The molecule has 32 heavy (non-hydrogen) atoms. The zero-order chi connectivity index (χ0) is 23.7. The number of halogens is 2. The molecule has 0 aromatic heterocycles. The maximum absolute atomic E-state index is 13.4. The topological polar surface area (TPSA) is 63.7 Å². The predicted octanol–water partition coefficient (Wildman–Crippen LogP) is 5.27. The van der Waals surface area contributed by atoms with Gasteiger partial charge in [-0.25, -0.2) is 8.42 Å². The third-order valence-electron chi connectivity index (χ3n) is 5.67. The first-order chi connectivity index (χ1) is 14.9. The van der Waals surface area contributed by atoms with Crippen molar-refractivity contribution in [1.82, 2.24) is 4.90 Å². The monoisotopic (exact) mass is 497 g/mol. The summed E-state index contributed by atoms with van der Waals surface area (Å²) in [5.41, 5.74) is 1.89. The average Bonchev–Trinajstić information content (AvgIpc) is 3.06. The molecule has 0 saturated carbocycles. The standard InChI is InChI=1S/C24H29Cl2NO4S/c1-16(31-21-9-6-18(7-10-21)24(2,3)4)23(28)27(20-11-12-32(29,30)15-20)14-17-5-8-19(25)13-22(17)26/h5-10,13,16,20H,11-12,14-15H2,1-4H3. The van der Waals surface area contributed by atoms with Crippen LogP contribution in [0.4, 0.5) is 0 Å². The van der Waals surface area contributed by atoms with Crippen molar-refractivity contribution in [3.63, 3.8) is 0 Å². The zero-order valence-electron chi connectivity index (χ0n) is 18.8. The van der Waals surface area contributed by atoms with Gasteiger partial charge in [-0.05, 0) is 54.2 Å². The molecule has 5 nitrogen and oxygen atoms in total. The number of rotatable bonds is 6. The highest BCUT2D eigenvalue weighted by Gasteiger charge is 2.37. The Labute approximate surface area is 200 Å². The fourth-order valence-electron chi connectivity index (χ4n) is 3.76. The highest BCUT2D eigenvalue weighted by Crippen LogP contribution is 2.28. The van der Waals surface area contributed by atoms with Crippen molar-refractivity contribution in [3.05, 3.63) is 63.6 Å². The van der Waals surface area contributed by atoms with E-state index in [0.29, 0.717) is 27.8 Å². The number of carbonyl (C=O) groups is 1. The molecule has 174 valence electrons. The Morgan fingerprint density at radius 2 is 1.81 bits per heavy atom. The van der Waals surface area contributed by atoms with Crippen LogP contribution in [0, 0.1) is 0 Å². The van der Waals surface area contributed by atoms with Crippen LogP contribution in [0.25, 0.3) is 0 Å². The first-order valence-corrected chi connectivity index (χ1v) is 13.2. The summed E-state index contributed by atoms with van der Waals surface area (Å²) in [4.78, 5) is 15.0. The lowest BCUT2D eigenvalue weighted by Gasteiger charge is -2.31. The molecule has 3 rings (SSSR count). The Bertz CT molecular complexity index is 1080. The molecule has 0 radical (unpaired) electrons. The van der Waals surface area contributed by atoms with E-state index in [1.54, 1.807) is 30.0 Å². The fourth-order valence-corrected chi connectivity index (χ4v) is 5.96. The Morgan fingerprint density at radius 1 is 1.16 bits per heavy atom. The summed E-state index contributed by atoms with van der Waals surface area (Å²) in [6.45, 7) is 8.25. The van der Waals surface area contributed by atoms with Crippen LogP contribution in [0.3, 0.4) is 0 Å². The van der Waals surface area contributed by atoms with Crippen LogP contribution in [0.5, 0.6) is 5.75 Å². The highest BCUT2D eigenvalue weighted by atomic mass is 35.5. The van der Waals surface area contributed by atoms with Gasteiger partial charge < -0.3 is 9.64 Å². The van der Waals surface area contributed by atoms with E-state index >= 15 is 0 Å². The van der Waals surface area contributed by atoms with Gasteiger partial charge >= 0.3 is 0 Å². The van der Waals surface area contributed by atoms with Crippen LogP contribution in [0.15, 0.2) is 42.5 Å². The largest absolute Gasteiger partial charge is 0.481 e. The Kier molecular flexibility index (Phi) is 7.48. The molecule has 1 aliphatic rings. The molecule has 1 amide bonds. The van der Waals surface area contributed by atoms with Crippen molar-refractivity contribution in [1.29, 1.82) is 0 Å². The highest BCUT2D eigenvalue weighted by molar-refractivity contribution is 7.91. The molecule has 0 bridgehead atoms. The normalized spacial score (nSPS) is 18.9. The fraction of sp³-hybridized carbons (Fsp3) is 0.458. The quantitative estimate of drug-likeness (QED) is 0.544. The van der Waals surface area contributed by atoms with Gasteiger partial charge in [0.25, 0.3) is 5.91 Å². The van der Waals surface area contributed by atoms with Crippen LogP contribution in [0.2, 0.25) is 10.0 Å². The maximum Gasteiger partial charge on any atom is 0.263 e. The number of hydrogen-bond acceptors (Lipinski definition) is 4. The number of ether oxygens (including phenoxy) is 1. The molecule has 2 atom stereocenters. The molecule has 1 fully saturated rings. The lowest BCUT2D eigenvalue weighted by Crippen LogP contribution is -2.46. The van der Waals surface area contributed by atoms with E-state index in [1.165, 1.54) is 5.56 Å². The van der Waals surface area contributed by atoms with Crippen LogP contribution in [-0.2, 0) is 26.6 Å². The first kappa shape index (κ1) is 24.9. The third kappa shape index (κ3) is 6.18. The van der Waals surface area contributed by atoms with Crippen molar-refractivity contribution in [2.45, 2.75) is 58.2 Å². The summed E-state index contributed by atoms with van der Waals surface area (Å²) in [5.74, 6) is 0.316. The third-order valence-corrected chi connectivity index (χ3v) is 8.01. The van der Waals surface area contributed by atoms with E-state index in [2.05, 4.69) is 20.8 Å². The summed E-state index contributed by atoms with van der Waals surface area (Å²) >= 11 is 12.3. The minimum Gasteiger partial charge on any atom is -0.481 e. The summed E-state index contributed by atoms with van der Waals surface area (Å²) in [7, 11) is -3.18. The van der Waals surface area contributed by atoms with E-state index in [4.69, 9.17) is 27.9 Å². The molecule has 8 heteroatoms. The van der Waals surface area contributed by atoms with Crippen molar-refractivity contribution >= 4 is 38.9 Å². The second-order valence-corrected chi connectivity index (χ2v) is 12.4. The van der Waals surface area contributed by atoms with Gasteiger partial charge in [-0.2, -0.15) is 0 Å². The molecule has 1 heterocycles.